The van der Waals surface area contributed by atoms with Gasteiger partial charge in [0.05, 0.1) is 0 Å². The number of benzene rings is 2. The van der Waals surface area contributed by atoms with Crippen LogP contribution in [0.4, 0.5) is 0 Å². The van der Waals surface area contributed by atoms with E-state index in [9.17, 15) is 0 Å². The molecule has 1 heterocycles. The van der Waals surface area contributed by atoms with Crippen LogP contribution in [0, 0.1) is 0 Å². The summed E-state index contributed by atoms with van der Waals surface area (Å²) in [6.07, 6.45) is 3.75. The standard InChI is InChI=1S/C21H22O3/c1-20(2)22-19-15-17(16-9-5-3-6-10-16)13-14-21(19,24-23-20)18-11-7-4-8-12-18/h3-12,15,19H,13-14H2,1-2H3/t19-,21-/m0/s1. The van der Waals surface area contributed by atoms with Crippen LogP contribution in [0.15, 0.2) is 66.7 Å². The summed E-state index contributed by atoms with van der Waals surface area (Å²) in [5, 5.41) is 0. The van der Waals surface area contributed by atoms with E-state index < -0.39 is 11.4 Å². The smallest absolute Gasteiger partial charge is 0.196 e. The average molecular weight is 322 g/mol. The largest absolute Gasteiger partial charge is 0.337 e. The average Bonchev–Trinajstić information content (AvgIpc) is 2.62. The van der Waals surface area contributed by atoms with Crippen molar-refractivity contribution < 1.29 is 14.5 Å². The summed E-state index contributed by atoms with van der Waals surface area (Å²) in [6.45, 7) is 3.76. The Balaban J connectivity index is 1.76. The van der Waals surface area contributed by atoms with Crippen molar-refractivity contribution >= 4 is 5.57 Å². The molecule has 4 rings (SSSR count). The number of ether oxygens (including phenoxy) is 1. The highest BCUT2D eigenvalue weighted by atomic mass is 17.2. The molecule has 0 spiro atoms. The lowest BCUT2D eigenvalue weighted by Crippen LogP contribution is -2.54. The minimum absolute atomic E-state index is 0.187. The van der Waals surface area contributed by atoms with Crippen LogP contribution in [0.2, 0.25) is 0 Å². The molecular formula is C21H22O3. The second-order valence-electron chi connectivity index (χ2n) is 6.92. The first-order valence-electron chi connectivity index (χ1n) is 8.45. The van der Waals surface area contributed by atoms with Crippen molar-refractivity contribution in [2.24, 2.45) is 0 Å². The highest BCUT2D eigenvalue weighted by molar-refractivity contribution is 5.67. The summed E-state index contributed by atoms with van der Waals surface area (Å²) in [5.74, 6) is -0.765. The Morgan fingerprint density at radius 2 is 1.54 bits per heavy atom. The predicted molar refractivity (Wildman–Crippen MR) is 92.9 cm³/mol. The molecular weight excluding hydrogens is 300 g/mol. The quantitative estimate of drug-likeness (QED) is 0.740. The molecule has 2 atom stereocenters. The monoisotopic (exact) mass is 322 g/mol. The number of hydrogen-bond donors (Lipinski definition) is 0. The third-order valence-corrected chi connectivity index (χ3v) is 4.79. The van der Waals surface area contributed by atoms with Crippen molar-refractivity contribution in [3.63, 3.8) is 0 Å². The fourth-order valence-electron chi connectivity index (χ4n) is 3.55. The zero-order valence-corrected chi connectivity index (χ0v) is 14.1. The molecule has 0 radical (unpaired) electrons. The van der Waals surface area contributed by atoms with Crippen molar-refractivity contribution in [1.29, 1.82) is 0 Å². The van der Waals surface area contributed by atoms with Gasteiger partial charge < -0.3 is 4.74 Å². The molecule has 3 heteroatoms. The van der Waals surface area contributed by atoms with Gasteiger partial charge in [-0.2, -0.15) is 0 Å². The van der Waals surface area contributed by atoms with Crippen molar-refractivity contribution in [1.82, 2.24) is 0 Å². The van der Waals surface area contributed by atoms with Crippen LogP contribution in [0.1, 0.15) is 37.8 Å². The van der Waals surface area contributed by atoms with Crippen molar-refractivity contribution in [3.8, 4) is 0 Å². The SMILES string of the molecule is CC1(C)OO[C@]2(c3ccccc3)CCC(c3ccccc3)=C[C@@H]2O1. The van der Waals surface area contributed by atoms with E-state index in [1.54, 1.807) is 0 Å². The Morgan fingerprint density at radius 3 is 2.25 bits per heavy atom. The maximum atomic E-state index is 6.26. The Kier molecular flexibility index (Phi) is 3.80. The Labute approximate surface area is 142 Å². The minimum atomic E-state index is -0.765. The minimum Gasteiger partial charge on any atom is -0.337 e. The van der Waals surface area contributed by atoms with Gasteiger partial charge in [-0.25, -0.2) is 9.78 Å². The van der Waals surface area contributed by atoms with E-state index in [2.05, 4.69) is 42.5 Å². The van der Waals surface area contributed by atoms with E-state index in [0.29, 0.717) is 0 Å². The maximum Gasteiger partial charge on any atom is 0.196 e. The van der Waals surface area contributed by atoms with Gasteiger partial charge in [-0.1, -0.05) is 60.7 Å². The molecule has 0 bridgehead atoms. The molecule has 1 aliphatic carbocycles. The molecule has 0 amide bonds. The lowest BCUT2D eigenvalue weighted by molar-refractivity contribution is -0.521. The Bertz CT molecular complexity index is 736. The van der Waals surface area contributed by atoms with Crippen LogP contribution >= 0.6 is 0 Å². The lowest BCUT2D eigenvalue weighted by atomic mass is 9.76. The van der Waals surface area contributed by atoms with Crippen LogP contribution in [-0.2, 0) is 20.1 Å². The molecule has 3 nitrogen and oxygen atoms in total. The molecule has 24 heavy (non-hydrogen) atoms. The first-order chi connectivity index (χ1) is 11.6. The molecule has 1 saturated heterocycles. The van der Waals surface area contributed by atoms with E-state index in [1.807, 2.05) is 38.1 Å². The van der Waals surface area contributed by atoms with Gasteiger partial charge in [0.2, 0.25) is 0 Å². The number of fused-ring (bicyclic) bond motifs is 1. The number of allylic oxidation sites excluding steroid dienone is 1. The van der Waals surface area contributed by atoms with Crippen molar-refractivity contribution in [3.05, 3.63) is 77.9 Å². The van der Waals surface area contributed by atoms with E-state index in [4.69, 9.17) is 14.5 Å². The second kappa shape index (κ2) is 5.85. The molecule has 2 aromatic rings. The topological polar surface area (TPSA) is 27.7 Å². The highest BCUT2D eigenvalue weighted by Gasteiger charge is 2.52. The van der Waals surface area contributed by atoms with Gasteiger partial charge >= 0.3 is 0 Å². The van der Waals surface area contributed by atoms with Gasteiger partial charge in [0.15, 0.2) is 11.4 Å². The summed E-state index contributed by atoms with van der Waals surface area (Å²) in [4.78, 5) is 11.6. The molecule has 124 valence electrons. The van der Waals surface area contributed by atoms with E-state index >= 15 is 0 Å². The third kappa shape index (κ3) is 2.69. The maximum absolute atomic E-state index is 6.26. The summed E-state index contributed by atoms with van der Waals surface area (Å²) < 4.78 is 6.26. The zero-order valence-electron chi connectivity index (χ0n) is 14.1. The summed E-state index contributed by atoms with van der Waals surface area (Å²) in [5.41, 5.74) is 3.05. The number of rotatable bonds is 2. The van der Waals surface area contributed by atoms with Gasteiger partial charge in [-0.05, 0) is 49.5 Å². The van der Waals surface area contributed by atoms with Gasteiger partial charge in [0, 0.05) is 0 Å². The van der Waals surface area contributed by atoms with Crippen molar-refractivity contribution in [2.75, 3.05) is 0 Å². The fraction of sp³-hybridized carbons (Fsp3) is 0.333. The van der Waals surface area contributed by atoms with Crippen LogP contribution in [-0.4, -0.2) is 11.9 Å². The molecule has 0 unspecified atom stereocenters. The van der Waals surface area contributed by atoms with Crippen LogP contribution in [0.3, 0.4) is 0 Å². The molecule has 1 aliphatic heterocycles. The molecule has 0 aromatic heterocycles. The zero-order chi connectivity index (χ0) is 16.6. The highest BCUT2D eigenvalue weighted by Crippen LogP contribution is 2.48. The Morgan fingerprint density at radius 1 is 0.875 bits per heavy atom. The molecule has 2 aromatic carbocycles. The summed E-state index contributed by atoms with van der Waals surface area (Å²) in [6, 6.07) is 20.7. The van der Waals surface area contributed by atoms with E-state index in [-0.39, 0.29) is 6.10 Å². The predicted octanol–water partition coefficient (Wildman–Crippen LogP) is 4.84. The van der Waals surface area contributed by atoms with Gasteiger partial charge in [-0.15, -0.1) is 0 Å². The lowest BCUT2D eigenvalue weighted by Gasteiger charge is -2.49. The first kappa shape index (κ1) is 15.6. The summed E-state index contributed by atoms with van der Waals surface area (Å²) in [7, 11) is 0. The summed E-state index contributed by atoms with van der Waals surface area (Å²) >= 11 is 0. The van der Waals surface area contributed by atoms with E-state index in [0.717, 1.165) is 18.4 Å². The fourth-order valence-corrected chi connectivity index (χ4v) is 3.55. The van der Waals surface area contributed by atoms with Crippen molar-refractivity contribution in [2.45, 2.75) is 44.2 Å². The van der Waals surface area contributed by atoms with Gasteiger partial charge in [-0.3, -0.25) is 0 Å². The molecule has 0 saturated carbocycles. The number of hydrogen-bond acceptors (Lipinski definition) is 3. The molecule has 1 fully saturated rings. The second-order valence-corrected chi connectivity index (χ2v) is 6.92. The van der Waals surface area contributed by atoms with Crippen LogP contribution in [0.25, 0.3) is 5.57 Å². The van der Waals surface area contributed by atoms with Crippen LogP contribution in [0.5, 0.6) is 0 Å². The normalized spacial score (nSPS) is 28.8. The van der Waals surface area contributed by atoms with Crippen LogP contribution < -0.4 is 0 Å². The van der Waals surface area contributed by atoms with Gasteiger partial charge in [0.1, 0.15) is 6.10 Å². The van der Waals surface area contributed by atoms with E-state index in [1.165, 1.54) is 11.1 Å². The third-order valence-electron chi connectivity index (χ3n) is 4.79. The molecule has 2 aliphatic rings. The van der Waals surface area contributed by atoms with Gasteiger partial charge in [0.25, 0.3) is 0 Å². The first-order valence-corrected chi connectivity index (χ1v) is 8.45. The Hall–Kier alpha value is -1.94. The molecule has 0 N–H and O–H groups in total.